The number of anilines is 1. The third-order valence-corrected chi connectivity index (χ3v) is 6.30. The van der Waals surface area contributed by atoms with Crippen LogP contribution in [0.25, 0.3) is 10.2 Å². The van der Waals surface area contributed by atoms with Crippen LogP contribution in [-0.2, 0) is 6.54 Å². The second-order valence-corrected chi connectivity index (χ2v) is 8.77. The number of pyridine rings is 1. The number of rotatable bonds is 5. The van der Waals surface area contributed by atoms with Crippen molar-refractivity contribution in [2.45, 2.75) is 47.2 Å². The molecule has 4 aromatic rings. The van der Waals surface area contributed by atoms with E-state index in [0.717, 1.165) is 32.7 Å². The van der Waals surface area contributed by atoms with Gasteiger partial charge in [0.05, 0.1) is 22.5 Å². The highest BCUT2D eigenvalue weighted by Gasteiger charge is 2.25. The monoisotopic (exact) mass is 419 g/mol. The molecular weight excluding hydrogens is 394 g/mol. The standard InChI is InChI=1S/C23H25N5OS/c1-14(2)28-17(5)12-19(26-28)22(29)27(13-18-8-6-7-11-24-18)23-25-20-15(3)9-10-16(4)21(20)30-23/h6-12,14H,13H2,1-5H3. The molecule has 7 heteroatoms. The number of amides is 1. The van der Waals surface area contributed by atoms with Gasteiger partial charge in [0.15, 0.2) is 10.8 Å². The Kier molecular flexibility index (Phi) is 5.39. The highest BCUT2D eigenvalue weighted by Crippen LogP contribution is 2.34. The van der Waals surface area contributed by atoms with Crippen LogP contribution in [0.4, 0.5) is 5.13 Å². The molecule has 0 fully saturated rings. The fourth-order valence-corrected chi connectivity index (χ4v) is 4.61. The molecular formula is C23H25N5OS. The van der Waals surface area contributed by atoms with Crippen molar-refractivity contribution in [1.82, 2.24) is 19.7 Å². The predicted octanol–water partition coefficient (Wildman–Crippen LogP) is 5.24. The highest BCUT2D eigenvalue weighted by molar-refractivity contribution is 7.22. The number of thiazole rings is 1. The Hall–Kier alpha value is -3.06. The molecule has 0 aliphatic carbocycles. The first kappa shape index (κ1) is 20.2. The quantitative estimate of drug-likeness (QED) is 0.444. The van der Waals surface area contributed by atoms with E-state index < -0.39 is 0 Å². The molecule has 3 heterocycles. The summed E-state index contributed by atoms with van der Waals surface area (Å²) >= 11 is 1.54. The van der Waals surface area contributed by atoms with Crippen LogP contribution in [0, 0.1) is 20.8 Å². The van der Waals surface area contributed by atoms with Crippen LogP contribution >= 0.6 is 11.3 Å². The Morgan fingerprint density at radius 1 is 1.13 bits per heavy atom. The van der Waals surface area contributed by atoms with Crippen LogP contribution in [0.3, 0.4) is 0 Å². The number of fused-ring (bicyclic) bond motifs is 1. The largest absolute Gasteiger partial charge is 0.280 e. The molecule has 1 amide bonds. The summed E-state index contributed by atoms with van der Waals surface area (Å²) in [6.07, 6.45) is 1.74. The number of hydrogen-bond acceptors (Lipinski definition) is 5. The van der Waals surface area contributed by atoms with Gasteiger partial charge in [-0.3, -0.25) is 19.4 Å². The molecule has 0 aliphatic heterocycles. The Labute approximate surface area is 180 Å². The number of aromatic nitrogens is 4. The van der Waals surface area contributed by atoms with Crippen LogP contribution in [0.1, 0.15) is 52.9 Å². The number of nitrogens with zero attached hydrogens (tertiary/aromatic N) is 5. The van der Waals surface area contributed by atoms with Crippen LogP contribution in [-0.4, -0.2) is 25.7 Å². The molecule has 0 radical (unpaired) electrons. The van der Waals surface area contributed by atoms with Gasteiger partial charge in [-0.25, -0.2) is 4.98 Å². The maximum absolute atomic E-state index is 13.6. The third kappa shape index (κ3) is 3.73. The Balaban J connectivity index is 1.81. The molecule has 1 aromatic carbocycles. The van der Waals surface area contributed by atoms with E-state index >= 15 is 0 Å². The van der Waals surface area contributed by atoms with Crippen LogP contribution < -0.4 is 4.90 Å². The molecule has 0 saturated carbocycles. The highest BCUT2D eigenvalue weighted by atomic mass is 32.1. The zero-order valence-corrected chi connectivity index (χ0v) is 18.7. The van der Waals surface area contributed by atoms with Crippen molar-refractivity contribution < 1.29 is 4.79 Å². The average Bonchev–Trinajstić information content (AvgIpc) is 3.34. The zero-order valence-electron chi connectivity index (χ0n) is 17.9. The SMILES string of the molecule is Cc1ccc(C)c2sc(N(Cc3ccccn3)C(=O)c3cc(C)n(C(C)C)n3)nc12. The van der Waals surface area contributed by atoms with Gasteiger partial charge in [0.2, 0.25) is 0 Å². The van der Waals surface area contributed by atoms with Crippen LogP contribution in [0.15, 0.2) is 42.6 Å². The number of carbonyl (C=O) groups is 1. The van der Waals surface area contributed by atoms with E-state index in [4.69, 9.17) is 4.98 Å². The first-order chi connectivity index (χ1) is 14.3. The van der Waals surface area contributed by atoms with E-state index in [1.165, 1.54) is 11.3 Å². The summed E-state index contributed by atoms with van der Waals surface area (Å²) in [5.74, 6) is -0.169. The van der Waals surface area contributed by atoms with E-state index in [0.29, 0.717) is 17.4 Å². The summed E-state index contributed by atoms with van der Waals surface area (Å²) in [5.41, 5.74) is 5.39. The summed E-state index contributed by atoms with van der Waals surface area (Å²) in [4.78, 5) is 24.5. The average molecular weight is 420 g/mol. The Bertz CT molecular complexity index is 1170. The summed E-state index contributed by atoms with van der Waals surface area (Å²) in [6, 6.07) is 11.9. The smallest absolute Gasteiger partial charge is 0.276 e. The predicted molar refractivity (Wildman–Crippen MR) is 121 cm³/mol. The van der Waals surface area contributed by atoms with Gasteiger partial charge >= 0.3 is 0 Å². The van der Waals surface area contributed by atoms with E-state index in [1.54, 1.807) is 11.1 Å². The normalized spacial score (nSPS) is 11.4. The van der Waals surface area contributed by atoms with Crippen molar-refractivity contribution in [2.24, 2.45) is 0 Å². The van der Waals surface area contributed by atoms with Gasteiger partial charge in [0.1, 0.15) is 0 Å². The summed E-state index contributed by atoms with van der Waals surface area (Å²) in [5, 5.41) is 5.23. The van der Waals surface area contributed by atoms with Crippen molar-refractivity contribution in [2.75, 3.05) is 4.90 Å². The van der Waals surface area contributed by atoms with Gasteiger partial charge in [-0.05, 0) is 63.9 Å². The molecule has 4 rings (SSSR count). The summed E-state index contributed by atoms with van der Waals surface area (Å²) < 4.78 is 2.98. The third-order valence-electron chi connectivity index (χ3n) is 5.08. The maximum Gasteiger partial charge on any atom is 0.280 e. The molecule has 6 nitrogen and oxygen atoms in total. The van der Waals surface area contributed by atoms with Gasteiger partial charge in [0.25, 0.3) is 5.91 Å². The molecule has 0 bridgehead atoms. The minimum atomic E-state index is -0.169. The fraction of sp³-hybridized carbons (Fsp3) is 0.304. The second-order valence-electron chi connectivity index (χ2n) is 7.80. The van der Waals surface area contributed by atoms with Crippen molar-refractivity contribution in [3.8, 4) is 0 Å². The van der Waals surface area contributed by atoms with Gasteiger partial charge in [-0.2, -0.15) is 5.10 Å². The number of benzene rings is 1. The van der Waals surface area contributed by atoms with E-state index in [1.807, 2.05) is 42.8 Å². The molecule has 154 valence electrons. The van der Waals surface area contributed by atoms with Crippen molar-refractivity contribution in [3.05, 3.63) is 70.8 Å². The van der Waals surface area contributed by atoms with Crippen molar-refractivity contribution in [3.63, 3.8) is 0 Å². The summed E-state index contributed by atoms with van der Waals surface area (Å²) in [6.45, 7) is 10.5. The lowest BCUT2D eigenvalue weighted by atomic mass is 10.1. The van der Waals surface area contributed by atoms with Gasteiger partial charge in [-0.15, -0.1) is 0 Å². The fourth-order valence-electron chi connectivity index (χ4n) is 3.50. The number of carbonyl (C=O) groups excluding carboxylic acids is 1. The number of hydrogen-bond donors (Lipinski definition) is 0. The number of aryl methyl sites for hydroxylation is 3. The lowest BCUT2D eigenvalue weighted by molar-refractivity contribution is 0.0979. The van der Waals surface area contributed by atoms with Gasteiger partial charge in [0, 0.05) is 17.9 Å². The van der Waals surface area contributed by atoms with Gasteiger partial charge < -0.3 is 0 Å². The lowest BCUT2D eigenvalue weighted by Crippen LogP contribution is -2.31. The molecule has 0 atom stereocenters. The Morgan fingerprint density at radius 3 is 2.53 bits per heavy atom. The molecule has 0 spiro atoms. The van der Waals surface area contributed by atoms with Crippen LogP contribution in [0.5, 0.6) is 0 Å². The van der Waals surface area contributed by atoms with Crippen molar-refractivity contribution >= 4 is 32.6 Å². The zero-order chi connectivity index (χ0) is 21.4. The first-order valence-electron chi connectivity index (χ1n) is 10.00. The van der Waals surface area contributed by atoms with E-state index in [9.17, 15) is 4.79 Å². The minimum absolute atomic E-state index is 0.169. The lowest BCUT2D eigenvalue weighted by Gasteiger charge is -2.18. The maximum atomic E-state index is 13.6. The topological polar surface area (TPSA) is 63.9 Å². The molecule has 3 aromatic heterocycles. The van der Waals surface area contributed by atoms with E-state index in [-0.39, 0.29) is 11.9 Å². The van der Waals surface area contributed by atoms with Crippen LogP contribution in [0.2, 0.25) is 0 Å². The minimum Gasteiger partial charge on any atom is -0.276 e. The molecule has 0 saturated heterocycles. The molecule has 0 N–H and O–H groups in total. The van der Waals surface area contributed by atoms with E-state index in [2.05, 4.69) is 43.0 Å². The molecule has 0 aliphatic rings. The van der Waals surface area contributed by atoms with Crippen molar-refractivity contribution in [1.29, 1.82) is 0 Å². The molecule has 0 unspecified atom stereocenters. The first-order valence-corrected chi connectivity index (χ1v) is 10.8. The summed E-state index contributed by atoms with van der Waals surface area (Å²) in [7, 11) is 0. The Morgan fingerprint density at radius 2 is 1.90 bits per heavy atom. The molecule has 30 heavy (non-hydrogen) atoms. The van der Waals surface area contributed by atoms with Gasteiger partial charge in [-0.1, -0.05) is 29.5 Å². The second kappa shape index (κ2) is 7.99.